The lowest BCUT2D eigenvalue weighted by molar-refractivity contribution is -0.140. The van der Waals surface area contributed by atoms with Crippen LogP contribution in [0.3, 0.4) is 0 Å². The highest BCUT2D eigenvalue weighted by Gasteiger charge is 2.46. The Bertz CT molecular complexity index is 1300. The quantitative estimate of drug-likeness (QED) is 0.291. The number of ether oxygens (including phenoxy) is 1. The molecule has 2 heterocycles. The van der Waals surface area contributed by atoms with Crippen molar-refractivity contribution in [3.8, 4) is 5.75 Å². The molecular formula is C29H31N3O4. The molecule has 1 saturated heterocycles. The number of anilines is 1. The van der Waals surface area contributed by atoms with Crippen LogP contribution in [0.4, 0.5) is 5.69 Å². The SMILES string of the molecule is COc1ccc(/C(O)=C2/C(=O)C(=O)N(Cc3ccccn3)C2c2ccc(N(C)C)cc2)cc1C(C)C. The Kier molecular flexibility index (Phi) is 7.10. The molecule has 0 saturated carbocycles. The first-order chi connectivity index (χ1) is 17.2. The van der Waals surface area contributed by atoms with Gasteiger partial charge in [0, 0.05) is 31.5 Å². The molecule has 1 atom stereocenters. The van der Waals surface area contributed by atoms with Crippen LogP contribution in [0.15, 0.2) is 72.4 Å². The summed E-state index contributed by atoms with van der Waals surface area (Å²) in [5.41, 5.74) is 3.79. The topological polar surface area (TPSA) is 83.0 Å². The number of hydrogen-bond donors (Lipinski definition) is 1. The lowest BCUT2D eigenvalue weighted by Crippen LogP contribution is -2.29. The number of aliphatic hydroxyl groups is 1. The lowest BCUT2D eigenvalue weighted by atomic mass is 9.93. The van der Waals surface area contributed by atoms with Crippen LogP contribution in [0.25, 0.3) is 5.76 Å². The van der Waals surface area contributed by atoms with Crippen LogP contribution >= 0.6 is 0 Å². The highest BCUT2D eigenvalue weighted by atomic mass is 16.5. The summed E-state index contributed by atoms with van der Waals surface area (Å²) in [7, 11) is 5.48. The maximum Gasteiger partial charge on any atom is 0.296 e. The van der Waals surface area contributed by atoms with Crippen molar-refractivity contribution < 1.29 is 19.4 Å². The molecule has 1 unspecified atom stereocenters. The number of methoxy groups -OCH3 is 1. The number of Topliss-reactive ketones (excluding diaryl/α,β-unsaturated/α-hetero) is 1. The summed E-state index contributed by atoms with van der Waals surface area (Å²) in [6.45, 7) is 4.20. The number of aromatic nitrogens is 1. The molecule has 1 aromatic heterocycles. The molecule has 186 valence electrons. The van der Waals surface area contributed by atoms with E-state index in [0.29, 0.717) is 17.0 Å². The van der Waals surface area contributed by atoms with Gasteiger partial charge in [-0.1, -0.05) is 32.0 Å². The molecule has 0 aliphatic carbocycles. The average Bonchev–Trinajstić information content (AvgIpc) is 3.13. The van der Waals surface area contributed by atoms with Gasteiger partial charge in [0.05, 0.1) is 31.0 Å². The third-order valence-corrected chi connectivity index (χ3v) is 6.45. The summed E-state index contributed by atoms with van der Waals surface area (Å²) < 4.78 is 5.47. The molecule has 2 aromatic carbocycles. The number of carbonyl (C=O) groups is 2. The zero-order chi connectivity index (χ0) is 26.0. The fourth-order valence-electron chi connectivity index (χ4n) is 4.50. The van der Waals surface area contributed by atoms with E-state index in [2.05, 4.69) is 4.98 Å². The second kappa shape index (κ2) is 10.2. The number of ketones is 1. The van der Waals surface area contributed by atoms with Crippen molar-refractivity contribution in [2.24, 2.45) is 0 Å². The van der Waals surface area contributed by atoms with Crippen LogP contribution < -0.4 is 9.64 Å². The number of amides is 1. The van der Waals surface area contributed by atoms with Gasteiger partial charge in [-0.05, 0) is 59.5 Å². The molecule has 7 heteroatoms. The Morgan fingerprint density at radius 2 is 1.81 bits per heavy atom. The van der Waals surface area contributed by atoms with Crippen molar-refractivity contribution in [3.05, 3.63) is 94.8 Å². The first-order valence-corrected chi connectivity index (χ1v) is 11.9. The first kappa shape index (κ1) is 25.0. The van der Waals surface area contributed by atoms with Gasteiger partial charge in [0.25, 0.3) is 11.7 Å². The first-order valence-electron chi connectivity index (χ1n) is 11.9. The summed E-state index contributed by atoms with van der Waals surface area (Å²) in [6.07, 6.45) is 1.65. The van der Waals surface area contributed by atoms with Gasteiger partial charge in [-0.15, -0.1) is 0 Å². The Morgan fingerprint density at radius 3 is 2.39 bits per heavy atom. The number of benzene rings is 2. The second-order valence-corrected chi connectivity index (χ2v) is 9.35. The minimum Gasteiger partial charge on any atom is -0.507 e. The Morgan fingerprint density at radius 1 is 1.08 bits per heavy atom. The van der Waals surface area contributed by atoms with Crippen LogP contribution in [-0.2, 0) is 16.1 Å². The highest BCUT2D eigenvalue weighted by molar-refractivity contribution is 6.46. The normalized spacial score (nSPS) is 17.1. The third-order valence-electron chi connectivity index (χ3n) is 6.45. The lowest BCUT2D eigenvalue weighted by Gasteiger charge is -2.25. The van der Waals surface area contributed by atoms with Crippen molar-refractivity contribution in [2.45, 2.75) is 32.4 Å². The molecular weight excluding hydrogens is 454 g/mol. The monoisotopic (exact) mass is 485 g/mol. The largest absolute Gasteiger partial charge is 0.507 e. The molecule has 4 rings (SSSR count). The Labute approximate surface area is 211 Å². The molecule has 1 fully saturated rings. The number of carbonyl (C=O) groups excluding carboxylic acids is 2. The van der Waals surface area contributed by atoms with Crippen LogP contribution in [0.5, 0.6) is 5.75 Å². The van der Waals surface area contributed by atoms with Crippen LogP contribution in [0.2, 0.25) is 0 Å². The number of rotatable bonds is 7. The smallest absolute Gasteiger partial charge is 0.296 e. The fraction of sp³-hybridized carbons (Fsp3) is 0.276. The van der Waals surface area contributed by atoms with E-state index in [-0.39, 0.29) is 23.8 Å². The minimum absolute atomic E-state index is 0.0633. The zero-order valence-electron chi connectivity index (χ0n) is 21.2. The van der Waals surface area contributed by atoms with E-state index in [1.165, 1.54) is 4.90 Å². The second-order valence-electron chi connectivity index (χ2n) is 9.35. The predicted octanol–water partition coefficient (Wildman–Crippen LogP) is 4.90. The van der Waals surface area contributed by atoms with Gasteiger partial charge >= 0.3 is 0 Å². The average molecular weight is 486 g/mol. The van der Waals surface area contributed by atoms with Crippen molar-refractivity contribution in [1.29, 1.82) is 0 Å². The fourth-order valence-corrected chi connectivity index (χ4v) is 4.50. The van der Waals surface area contributed by atoms with Crippen LogP contribution in [0, 0.1) is 0 Å². The summed E-state index contributed by atoms with van der Waals surface area (Å²) in [4.78, 5) is 34.4. The van der Waals surface area contributed by atoms with Gasteiger partial charge in [-0.25, -0.2) is 0 Å². The van der Waals surface area contributed by atoms with Gasteiger partial charge in [0.15, 0.2) is 0 Å². The van der Waals surface area contributed by atoms with E-state index in [1.54, 1.807) is 31.5 Å². The summed E-state index contributed by atoms with van der Waals surface area (Å²) in [5.74, 6) is -0.752. The van der Waals surface area contributed by atoms with Crippen molar-refractivity contribution in [2.75, 3.05) is 26.1 Å². The van der Waals surface area contributed by atoms with Gasteiger partial charge < -0.3 is 19.6 Å². The van der Waals surface area contributed by atoms with Crippen molar-refractivity contribution in [1.82, 2.24) is 9.88 Å². The Hall–Kier alpha value is -4.13. The molecule has 1 aliphatic rings. The summed E-state index contributed by atoms with van der Waals surface area (Å²) in [6, 6.07) is 17.6. The zero-order valence-corrected chi connectivity index (χ0v) is 21.2. The Balaban J connectivity index is 1.87. The number of nitrogens with zero attached hydrogens (tertiary/aromatic N) is 3. The molecule has 0 spiro atoms. The predicted molar refractivity (Wildman–Crippen MR) is 140 cm³/mol. The van der Waals surface area contributed by atoms with E-state index >= 15 is 0 Å². The van der Waals surface area contributed by atoms with E-state index < -0.39 is 17.7 Å². The number of hydrogen-bond acceptors (Lipinski definition) is 6. The van der Waals surface area contributed by atoms with Gasteiger partial charge in [-0.2, -0.15) is 0 Å². The maximum absolute atomic E-state index is 13.4. The maximum atomic E-state index is 13.4. The minimum atomic E-state index is -0.757. The number of aliphatic hydroxyl groups excluding tert-OH is 1. The molecule has 3 aromatic rings. The molecule has 1 amide bonds. The van der Waals surface area contributed by atoms with Crippen LogP contribution in [0.1, 0.15) is 48.2 Å². The molecule has 1 aliphatic heterocycles. The van der Waals surface area contributed by atoms with Gasteiger partial charge in [0.1, 0.15) is 11.5 Å². The molecule has 7 nitrogen and oxygen atoms in total. The third kappa shape index (κ3) is 4.69. The van der Waals surface area contributed by atoms with Crippen molar-refractivity contribution >= 4 is 23.1 Å². The van der Waals surface area contributed by atoms with Gasteiger partial charge in [-0.3, -0.25) is 14.6 Å². The number of likely N-dealkylation sites (tertiary alicyclic amines) is 1. The van der Waals surface area contributed by atoms with Gasteiger partial charge in [0.2, 0.25) is 0 Å². The van der Waals surface area contributed by atoms with E-state index in [9.17, 15) is 14.7 Å². The number of pyridine rings is 1. The highest BCUT2D eigenvalue weighted by Crippen LogP contribution is 2.41. The summed E-state index contributed by atoms with van der Waals surface area (Å²) in [5, 5.41) is 11.5. The van der Waals surface area contributed by atoms with Crippen LogP contribution in [-0.4, -0.2) is 47.9 Å². The van der Waals surface area contributed by atoms with E-state index in [1.807, 2.05) is 75.3 Å². The van der Waals surface area contributed by atoms with E-state index in [0.717, 1.165) is 16.8 Å². The molecule has 36 heavy (non-hydrogen) atoms. The summed E-state index contributed by atoms with van der Waals surface area (Å²) >= 11 is 0. The van der Waals surface area contributed by atoms with E-state index in [4.69, 9.17) is 4.74 Å². The molecule has 0 bridgehead atoms. The standard InChI is InChI=1S/C29H31N3O4/c1-18(2)23-16-20(11-14-24(23)36-5)27(33)25-26(19-9-12-22(13-10-19)31(3)4)32(29(35)28(25)34)17-21-8-6-7-15-30-21/h6-16,18,26,33H,17H2,1-5H3/b27-25-. The molecule has 1 N–H and O–H groups in total. The van der Waals surface area contributed by atoms with Crippen molar-refractivity contribution in [3.63, 3.8) is 0 Å². The molecule has 0 radical (unpaired) electrons.